The van der Waals surface area contributed by atoms with Gasteiger partial charge in [-0.2, -0.15) is 0 Å². The number of aliphatic hydroxyl groups excluding tert-OH is 1. The summed E-state index contributed by atoms with van der Waals surface area (Å²) in [7, 11) is 0. The number of ether oxygens (including phenoxy) is 1. The highest BCUT2D eigenvalue weighted by atomic mass is 19.1. The molecule has 1 heterocycles. The number of carbonyl (C=O) groups is 2. The van der Waals surface area contributed by atoms with E-state index in [1.165, 1.54) is 24.3 Å². The lowest BCUT2D eigenvalue weighted by molar-refractivity contribution is -0.145. The molecule has 2 aromatic rings. The van der Waals surface area contributed by atoms with E-state index in [4.69, 9.17) is 9.73 Å². The summed E-state index contributed by atoms with van der Waals surface area (Å²) in [5, 5.41) is 10.5. The third-order valence-electron chi connectivity index (χ3n) is 6.35. The molecule has 6 nitrogen and oxygen atoms in total. The van der Waals surface area contributed by atoms with Gasteiger partial charge in [0.25, 0.3) is 0 Å². The highest BCUT2D eigenvalue weighted by molar-refractivity contribution is 5.93. The number of carbonyl (C=O) groups excluding carboxylic acids is 2. The van der Waals surface area contributed by atoms with Gasteiger partial charge in [0.05, 0.1) is 24.8 Å². The van der Waals surface area contributed by atoms with Crippen LogP contribution in [0.4, 0.5) is 13.2 Å². The van der Waals surface area contributed by atoms with Crippen molar-refractivity contribution in [2.45, 2.75) is 65.0 Å². The second-order valence-corrected chi connectivity index (χ2v) is 9.93. The predicted octanol–water partition coefficient (Wildman–Crippen LogP) is 6.67. The Morgan fingerprint density at radius 2 is 1.68 bits per heavy atom. The summed E-state index contributed by atoms with van der Waals surface area (Å²) in [6, 6.07) is 10.9. The van der Waals surface area contributed by atoms with Crippen molar-refractivity contribution in [1.29, 1.82) is 0 Å². The molecule has 2 atom stereocenters. The number of rotatable bonds is 13. The molecule has 3 rings (SSSR count). The molecule has 1 aliphatic heterocycles. The van der Waals surface area contributed by atoms with Crippen LogP contribution in [0.25, 0.3) is 5.70 Å². The standard InChI is InChI=1S/C31H35F3N2O4/c1-4-5-16-40-30(39)15-14-25(37)17-29(38)26(34)19-36-28(22-8-12-24(33)13-9-22)18-27(35-31(36)20(2)3)21-6-10-23(32)11-7-21/h6-13,18-20,28-29,38H,4-5,14-17H2,1-3H3/t28?,29-/m0/s1. The molecule has 9 heteroatoms. The van der Waals surface area contributed by atoms with Gasteiger partial charge in [0, 0.05) is 30.5 Å². The minimum atomic E-state index is -1.73. The Bertz CT molecular complexity index is 1250. The zero-order valence-electron chi connectivity index (χ0n) is 22.9. The fourth-order valence-corrected chi connectivity index (χ4v) is 4.14. The number of nitrogens with zero attached hydrogens (tertiary/aromatic N) is 2. The Balaban J connectivity index is 1.84. The summed E-state index contributed by atoms with van der Waals surface area (Å²) in [5.41, 5.74) is 1.81. The zero-order chi connectivity index (χ0) is 29.2. The number of ketones is 1. The van der Waals surface area contributed by atoms with Gasteiger partial charge < -0.3 is 14.7 Å². The first kappa shape index (κ1) is 30.8. The molecule has 214 valence electrons. The van der Waals surface area contributed by atoms with Gasteiger partial charge in [-0.3, -0.25) is 9.59 Å². The van der Waals surface area contributed by atoms with Gasteiger partial charge in [-0.15, -0.1) is 0 Å². The van der Waals surface area contributed by atoms with Gasteiger partial charge in [-0.25, -0.2) is 18.2 Å². The van der Waals surface area contributed by atoms with Crippen molar-refractivity contribution in [1.82, 2.24) is 4.90 Å². The maximum Gasteiger partial charge on any atom is 0.306 e. The van der Waals surface area contributed by atoms with Crippen LogP contribution in [0.1, 0.15) is 70.0 Å². The first-order valence-electron chi connectivity index (χ1n) is 13.4. The monoisotopic (exact) mass is 556 g/mol. The average molecular weight is 557 g/mol. The summed E-state index contributed by atoms with van der Waals surface area (Å²) >= 11 is 0. The number of benzene rings is 2. The van der Waals surface area contributed by atoms with Crippen molar-refractivity contribution in [2.75, 3.05) is 6.61 Å². The van der Waals surface area contributed by atoms with E-state index in [0.29, 0.717) is 22.7 Å². The topological polar surface area (TPSA) is 79.2 Å². The largest absolute Gasteiger partial charge is 0.466 e. The fourth-order valence-electron chi connectivity index (χ4n) is 4.14. The highest BCUT2D eigenvalue weighted by Crippen LogP contribution is 2.35. The summed E-state index contributed by atoms with van der Waals surface area (Å²) < 4.78 is 47.6. The van der Waals surface area contributed by atoms with E-state index < -0.39 is 47.8 Å². The molecular weight excluding hydrogens is 521 g/mol. The Labute approximate surface area is 232 Å². The molecule has 1 unspecified atom stereocenters. The number of hydrogen-bond acceptors (Lipinski definition) is 6. The quantitative estimate of drug-likeness (QED) is 0.220. The number of unbranched alkanes of at least 4 members (excludes halogenated alkanes) is 1. The molecule has 40 heavy (non-hydrogen) atoms. The van der Waals surface area contributed by atoms with E-state index >= 15 is 4.39 Å². The molecule has 0 radical (unpaired) electrons. The maximum atomic E-state index is 15.3. The van der Waals surface area contributed by atoms with Crippen LogP contribution in [0.3, 0.4) is 0 Å². The fraction of sp³-hybridized carbons (Fsp3) is 0.387. The van der Waals surface area contributed by atoms with Gasteiger partial charge in [0.15, 0.2) is 0 Å². The lowest BCUT2D eigenvalue weighted by Gasteiger charge is -2.36. The number of aliphatic imine (C=N–C) groups is 1. The van der Waals surface area contributed by atoms with E-state index in [0.717, 1.165) is 19.0 Å². The van der Waals surface area contributed by atoms with Gasteiger partial charge in [0.2, 0.25) is 0 Å². The summed E-state index contributed by atoms with van der Waals surface area (Å²) in [6.07, 6.45) is 1.90. The van der Waals surface area contributed by atoms with Crippen molar-refractivity contribution < 1.29 is 32.6 Å². The number of halogens is 3. The highest BCUT2D eigenvalue weighted by Gasteiger charge is 2.29. The second-order valence-electron chi connectivity index (χ2n) is 9.93. The molecule has 0 saturated heterocycles. The first-order chi connectivity index (χ1) is 19.1. The molecule has 2 aromatic carbocycles. The Hall–Kier alpha value is -3.72. The number of amidine groups is 1. The first-order valence-corrected chi connectivity index (χ1v) is 13.4. The minimum absolute atomic E-state index is 0.138. The van der Waals surface area contributed by atoms with Crippen molar-refractivity contribution >= 4 is 23.3 Å². The Morgan fingerprint density at radius 3 is 2.27 bits per heavy atom. The van der Waals surface area contributed by atoms with Crippen LogP contribution in [0.5, 0.6) is 0 Å². The molecule has 1 aliphatic rings. The summed E-state index contributed by atoms with van der Waals surface area (Å²) in [4.78, 5) is 30.3. The Kier molecular flexibility index (Phi) is 11.3. The number of esters is 1. The van der Waals surface area contributed by atoms with E-state index in [-0.39, 0.29) is 25.4 Å². The van der Waals surface area contributed by atoms with E-state index in [9.17, 15) is 23.5 Å². The minimum Gasteiger partial charge on any atom is -0.466 e. The lowest BCUT2D eigenvalue weighted by atomic mass is 9.97. The van der Waals surface area contributed by atoms with Gasteiger partial charge in [-0.1, -0.05) is 39.3 Å². The Morgan fingerprint density at radius 1 is 1.05 bits per heavy atom. The van der Waals surface area contributed by atoms with Gasteiger partial charge in [0.1, 0.15) is 35.2 Å². The summed E-state index contributed by atoms with van der Waals surface area (Å²) in [6.45, 7) is 5.98. The predicted molar refractivity (Wildman–Crippen MR) is 148 cm³/mol. The molecule has 0 fully saturated rings. The van der Waals surface area contributed by atoms with Crippen molar-refractivity contribution in [3.05, 3.63) is 89.4 Å². The zero-order valence-corrected chi connectivity index (χ0v) is 22.9. The molecule has 0 aliphatic carbocycles. The number of aliphatic hydroxyl groups is 1. The van der Waals surface area contributed by atoms with Crippen LogP contribution < -0.4 is 0 Å². The van der Waals surface area contributed by atoms with E-state index in [1.54, 1.807) is 35.2 Å². The molecule has 0 saturated carbocycles. The maximum absolute atomic E-state index is 15.3. The van der Waals surface area contributed by atoms with Crippen LogP contribution in [-0.4, -0.2) is 40.3 Å². The van der Waals surface area contributed by atoms with Crippen LogP contribution in [0, 0.1) is 17.6 Å². The van der Waals surface area contributed by atoms with E-state index in [1.807, 2.05) is 20.8 Å². The molecule has 0 spiro atoms. The van der Waals surface area contributed by atoms with Crippen LogP contribution in [-0.2, 0) is 14.3 Å². The van der Waals surface area contributed by atoms with Crippen molar-refractivity contribution in [3.8, 4) is 0 Å². The molecule has 0 aromatic heterocycles. The third kappa shape index (κ3) is 8.64. The van der Waals surface area contributed by atoms with E-state index in [2.05, 4.69) is 0 Å². The van der Waals surface area contributed by atoms with Crippen molar-refractivity contribution in [3.63, 3.8) is 0 Å². The summed E-state index contributed by atoms with van der Waals surface area (Å²) in [5.74, 6) is -2.52. The third-order valence-corrected chi connectivity index (χ3v) is 6.35. The smallest absolute Gasteiger partial charge is 0.306 e. The molecule has 1 N–H and O–H groups in total. The number of Topliss-reactive ketones (excluding diaryl/α,β-unsaturated/α-hetero) is 1. The second kappa shape index (κ2) is 14.6. The lowest BCUT2D eigenvalue weighted by Crippen LogP contribution is -2.36. The molecule has 0 amide bonds. The average Bonchev–Trinajstić information content (AvgIpc) is 2.93. The van der Waals surface area contributed by atoms with Gasteiger partial charge >= 0.3 is 5.97 Å². The van der Waals surface area contributed by atoms with Crippen LogP contribution in [0.15, 0.2) is 71.6 Å². The van der Waals surface area contributed by atoms with Crippen LogP contribution >= 0.6 is 0 Å². The van der Waals surface area contributed by atoms with Crippen molar-refractivity contribution in [2.24, 2.45) is 10.9 Å². The molecular formula is C31H35F3N2O4. The van der Waals surface area contributed by atoms with Gasteiger partial charge in [-0.05, 0) is 54.5 Å². The SMILES string of the molecule is CCCCOC(=O)CCC(=O)C[C@H](O)C(F)=CN1C(C(C)C)=NC(c2ccc(F)cc2)=CC1c1ccc(F)cc1. The number of hydrogen-bond donors (Lipinski definition) is 1. The van der Waals surface area contributed by atoms with Crippen LogP contribution in [0.2, 0.25) is 0 Å². The molecule has 0 bridgehead atoms. The normalized spacial score (nSPS) is 16.4.